The lowest BCUT2D eigenvalue weighted by Crippen LogP contribution is -2.53. The third-order valence-electron chi connectivity index (χ3n) is 5.51. The normalized spacial score (nSPS) is 14.8. The van der Waals surface area contributed by atoms with Crippen LogP contribution in [-0.2, 0) is 0 Å². The highest BCUT2D eigenvalue weighted by molar-refractivity contribution is 5.92. The molecule has 154 valence electrons. The predicted molar refractivity (Wildman–Crippen MR) is 113 cm³/mol. The molecule has 30 heavy (non-hydrogen) atoms. The van der Waals surface area contributed by atoms with E-state index in [1.807, 2.05) is 6.92 Å². The zero-order chi connectivity index (χ0) is 21.3. The maximum absolute atomic E-state index is 13.4. The van der Waals surface area contributed by atoms with Gasteiger partial charge >= 0.3 is 6.03 Å². The number of rotatable bonds is 4. The topological polar surface area (TPSA) is 97.0 Å². The smallest absolute Gasteiger partial charge is 0.323 e. The van der Waals surface area contributed by atoms with Crippen molar-refractivity contribution in [2.45, 2.75) is 19.8 Å². The molecule has 1 aliphatic heterocycles. The van der Waals surface area contributed by atoms with Gasteiger partial charge in [0.2, 0.25) is 0 Å². The van der Waals surface area contributed by atoms with Gasteiger partial charge in [0.1, 0.15) is 11.6 Å². The van der Waals surface area contributed by atoms with E-state index in [1.165, 1.54) is 12.1 Å². The number of likely N-dealkylation sites (tertiary alicyclic amines) is 1. The first kappa shape index (κ1) is 19.8. The summed E-state index contributed by atoms with van der Waals surface area (Å²) in [5.41, 5.74) is 8.55. The van der Waals surface area contributed by atoms with E-state index in [2.05, 4.69) is 27.2 Å². The number of benzene rings is 1. The summed E-state index contributed by atoms with van der Waals surface area (Å²) in [7, 11) is 0. The second kappa shape index (κ2) is 8.06. The Morgan fingerprint density at radius 1 is 1.23 bits per heavy atom. The first-order valence-electron chi connectivity index (χ1n) is 9.78. The van der Waals surface area contributed by atoms with E-state index in [-0.39, 0.29) is 17.8 Å². The van der Waals surface area contributed by atoms with Crippen LogP contribution < -0.4 is 11.1 Å². The summed E-state index contributed by atoms with van der Waals surface area (Å²) in [6, 6.07) is 9.48. The zero-order valence-electron chi connectivity index (χ0n) is 16.8. The molecule has 0 bridgehead atoms. The maximum Gasteiger partial charge on any atom is 0.323 e. The third kappa shape index (κ3) is 3.94. The number of aromatic nitrogens is 3. The number of carbonyl (C=O) groups is 1. The van der Waals surface area contributed by atoms with Gasteiger partial charge in [-0.05, 0) is 48.9 Å². The Morgan fingerprint density at radius 3 is 2.67 bits per heavy atom. The second-order valence-electron chi connectivity index (χ2n) is 7.58. The lowest BCUT2D eigenvalue weighted by atomic mass is 9.86. The van der Waals surface area contributed by atoms with E-state index in [4.69, 9.17) is 5.73 Å². The fourth-order valence-corrected chi connectivity index (χ4v) is 3.57. The van der Waals surface area contributed by atoms with Crippen molar-refractivity contribution in [1.29, 1.82) is 0 Å². The highest BCUT2D eigenvalue weighted by Gasteiger charge is 2.36. The van der Waals surface area contributed by atoms with Crippen LogP contribution in [0.25, 0.3) is 11.3 Å². The Labute approximate surface area is 174 Å². The van der Waals surface area contributed by atoms with Crippen LogP contribution in [0.1, 0.15) is 24.2 Å². The molecule has 7 nitrogen and oxygen atoms in total. The van der Waals surface area contributed by atoms with Crippen LogP contribution in [0, 0.1) is 18.7 Å². The van der Waals surface area contributed by atoms with Gasteiger partial charge in [0.15, 0.2) is 5.82 Å². The summed E-state index contributed by atoms with van der Waals surface area (Å²) in [5, 5.41) is 2.80. The van der Waals surface area contributed by atoms with Crippen molar-refractivity contribution in [2.24, 2.45) is 5.92 Å². The van der Waals surface area contributed by atoms with Crippen LogP contribution in [0.15, 0.2) is 48.8 Å². The minimum atomic E-state index is -0.303. The van der Waals surface area contributed by atoms with Crippen molar-refractivity contribution in [1.82, 2.24) is 19.9 Å². The molecule has 2 aromatic heterocycles. The van der Waals surface area contributed by atoms with Crippen molar-refractivity contribution < 1.29 is 9.18 Å². The number of nitrogens with zero attached hydrogens (tertiary/aromatic N) is 4. The Bertz CT molecular complexity index is 1070. The number of nitrogen functional groups attached to an aromatic ring is 1. The number of aryl methyl sites for hydroxylation is 1. The molecule has 1 aliphatic rings. The van der Waals surface area contributed by atoms with Crippen LogP contribution in [-0.4, -0.2) is 39.0 Å². The molecular formula is C22H23FN6O. The number of nitrogens with two attached hydrogens (primary N) is 1. The van der Waals surface area contributed by atoms with Crippen molar-refractivity contribution in [2.75, 3.05) is 24.1 Å². The summed E-state index contributed by atoms with van der Waals surface area (Å²) in [6.07, 6.45) is 3.46. The number of carbonyl (C=O) groups excluding carboxylic acids is 1. The molecular weight excluding hydrogens is 383 g/mol. The minimum absolute atomic E-state index is 0.170. The van der Waals surface area contributed by atoms with Gasteiger partial charge in [0.25, 0.3) is 0 Å². The average molecular weight is 406 g/mol. The Balaban J connectivity index is 1.43. The molecule has 1 saturated heterocycles. The molecule has 3 heterocycles. The molecule has 4 rings (SSSR count). The number of amides is 2. The number of pyridine rings is 1. The third-order valence-corrected chi connectivity index (χ3v) is 5.51. The van der Waals surface area contributed by atoms with Gasteiger partial charge in [-0.1, -0.05) is 6.92 Å². The molecule has 1 aromatic carbocycles. The summed E-state index contributed by atoms with van der Waals surface area (Å²) in [5.74, 6) is 1.25. The van der Waals surface area contributed by atoms with E-state index in [9.17, 15) is 9.18 Å². The molecule has 0 spiro atoms. The molecule has 3 N–H and O–H groups in total. The predicted octanol–water partition coefficient (Wildman–Crippen LogP) is 3.84. The highest BCUT2D eigenvalue weighted by atomic mass is 19.1. The van der Waals surface area contributed by atoms with Gasteiger partial charge in [-0.2, -0.15) is 0 Å². The van der Waals surface area contributed by atoms with Gasteiger partial charge in [-0.15, -0.1) is 0 Å². The molecule has 1 atom stereocenters. The molecule has 1 unspecified atom stereocenters. The quantitative estimate of drug-likeness (QED) is 0.686. The first-order valence-corrected chi connectivity index (χ1v) is 9.78. The van der Waals surface area contributed by atoms with Crippen molar-refractivity contribution in [3.63, 3.8) is 0 Å². The molecule has 0 aliphatic carbocycles. The van der Waals surface area contributed by atoms with Gasteiger partial charge < -0.3 is 10.6 Å². The fourth-order valence-electron chi connectivity index (χ4n) is 3.57. The number of nitrogens with one attached hydrogen (secondary N) is 1. The number of hydrogen-bond donors (Lipinski definition) is 2. The van der Waals surface area contributed by atoms with E-state index in [0.29, 0.717) is 36.2 Å². The largest absolute Gasteiger partial charge is 0.396 e. The van der Waals surface area contributed by atoms with Gasteiger partial charge in [0, 0.05) is 42.9 Å². The minimum Gasteiger partial charge on any atom is -0.396 e. The van der Waals surface area contributed by atoms with E-state index in [1.54, 1.807) is 41.6 Å². The Hall–Kier alpha value is -3.55. The van der Waals surface area contributed by atoms with Crippen LogP contribution in [0.5, 0.6) is 0 Å². The van der Waals surface area contributed by atoms with Crippen LogP contribution in [0.3, 0.4) is 0 Å². The first-order chi connectivity index (χ1) is 14.4. The van der Waals surface area contributed by atoms with Gasteiger partial charge in [-0.25, -0.2) is 24.1 Å². The lowest BCUT2D eigenvalue weighted by Gasteiger charge is -2.41. The van der Waals surface area contributed by atoms with E-state index < -0.39 is 0 Å². The SMILES string of the molecule is Cc1cc(F)ccc1-c1ccc(N)c(NC(=O)N2CC(C(C)c3ncccn3)C2)n1. The van der Waals surface area contributed by atoms with Gasteiger partial charge in [-0.3, -0.25) is 5.32 Å². The molecule has 0 radical (unpaired) electrons. The average Bonchev–Trinajstić information content (AvgIpc) is 2.69. The Kier molecular flexibility index (Phi) is 5.31. The molecule has 0 saturated carbocycles. The van der Waals surface area contributed by atoms with Crippen molar-refractivity contribution in [3.8, 4) is 11.3 Å². The van der Waals surface area contributed by atoms with Crippen molar-refractivity contribution in [3.05, 3.63) is 66.0 Å². The standard InChI is InChI=1S/C22H23FN6O/c1-13-10-16(23)4-5-17(13)19-7-6-18(24)21(27-19)28-22(30)29-11-15(12-29)14(2)20-25-8-3-9-26-20/h3-10,14-15H,11-12,24H2,1-2H3,(H,27,28,30). The zero-order valence-corrected chi connectivity index (χ0v) is 16.8. The van der Waals surface area contributed by atoms with Crippen LogP contribution in [0.4, 0.5) is 20.7 Å². The summed E-state index contributed by atoms with van der Waals surface area (Å²) in [6.45, 7) is 5.11. The number of anilines is 2. The summed E-state index contributed by atoms with van der Waals surface area (Å²) >= 11 is 0. The molecule has 1 fully saturated rings. The van der Waals surface area contributed by atoms with Crippen LogP contribution >= 0.6 is 0 Å². The molecule has 8 heteroatoms. The highest BCUT2D eigenvalue weighted by Crippen LogP contribution is 2.31. The maximum atomic E-state index is 13.4. The number of halogens is 1. The second-order valence-corrected chi connectivity index (χ2v) is 7.58. The molecule has 3 aromatic rings. The van der Waals surface area contributed by atoms with Gasteiger partial charge in [0.05, 0.1) is 11.4 Å². The molecule has 2 amide bonds. The van der Waals surface area contributed by atoms with E-state index >= 15 is 0 Å². The monoisotopic (exact) mass is 406 g/mol. The fraction of sp³-hybridized carbons (Fsp3) is 0.273. The lowest BCUT2D eigenvalue weighted by molar-refractivity contribution is 0.115. The summed E-state index contributed by atoms with van der Waals surface area (Å²) < 4.78 is 13.4. The van der Waals surface area contributed by atoms with E-state index in [0.717, 1.165) is 17.0 Å². The Morgan fingerprint density at radius 2 is 1.97 bits per heavy atom. The number of hydrogen-bond acceptors (Lipinski definition) is 5. The van der Waals surface area contributed by atoms with Crippen molar-refractivity contribution >= 4 is 17.5 Å². The number of urea groups is 1. The van der Waals surface area contributed by atoms with Crippen LogP contribution in [0.2, 0.25) is 0 Å². The summed E-state index contributed by atoms with van der Waals surface area (Å²) in [4.78, 5) is 27.5.